The minimum Gasteiger partial charge on any atom is -0.424 e. The fourth-order valence-electron chi connectivity index (χ4n) is 4.78. The second kappa shape index (κ2) is 5.53. The number of rotatable bonds is 2. The number of fused-ring (bicyclic) bond motifs is 1. The lowest BCUT2D eigenvalue weighted by Crippen LogP contribution is -2.50. The van der Waals surface area contributed by atoms with Crippen molar-refractivity contribution in [3.63, 3.8) is 0 Å². The molecule has 2 atom stereocenters. The van der Waals surface area contributed by atoms with Crippen LogP contribution in [0.3, 0.4) is 0 Å². The van der Waals surface area contributed by atoms with Crippen LogP contribution in [-0.4, -0.2) is 45.6 Å². The summed E-state index contributed by atoms with van der Waals surface area (Å²) in [6, 6.07) is 0. The second-order valence-corrected chi connectivity index (χ2v) is 8.82. The van der Waals surface area contributed by atoms with Crippen molar-refractivity contribution in [3.05, 3.63) is 22.8 Å². The molecule has 0 aromatic heterocycles. The van der Waals surface area contributed by atoms with Crippen molar-refractivity contribution in [2.75, 3.05) is 0 Å². The molecule has 4 rings (SSSR count). The molecule has 0 aromatic rings. The van der Waals surface area contributed by atoms with E-state index in [0.717, 1.165) is 5.57 Å². The van der Waals surface area contributed by atoms with E-state index in [2.05, 4.69) is 0 Å². The van der Waals surface area contributed by atoms with Gasteiger partial charge in [0.05, 0.1) is 0 Å². The van der Waals surface area contributed by atoms with E-state index in [1.165, 1.54) is 0 Å². The number of carbonyl (C=O) groups excluding carboxylic acids is 4. The van der Waals surface area contributed by atoms with Crippen molar-refractivity contribution >= 4 is 23.8 Å². The van der Waals surface area contributed by atoms with Gasteiger partial charge in [0.15, 0.2) is 5.78 Å². The van der Waals surface area contributed by atoms with Crippen LogP contribution in [0.15, 0.2) is 22.8 Å². The number of hydrogen-bond donors (Lipinski definition) is 1. The van der Waals surface area contributed by atoms with Gasteiger partial charge in [0.2, 0.25) is 0 Å². The van der Waals surface area contributed by atoms with E-state index in [9.17, 15) is 24.3 Å². The van der Waals surface area contributed by atoms with Crippen LogP contribution >= 0.6 is 0 Å². The Balaban J connectivity index is 1.65. The van der Waals surface area contributed by atoms with E-state index in [1.807, 2.05) is 20.8 Å². The SMILES string of the molecule is CC1=C2C(=CC(C)(C)[C@@H]2OC(=O)ON2C(=O)CCC2=O)C(=O)[C@](C)(O)C12CC2. The van der Waals surface area contributed by atoms with Crippen LogP contribution in [0.1, 0.15) is 53.4 Å². The van der Waals surface area contributed by atoms with E-state index in [4.69, 9.17) is 9.57 Å². The van der Waals surface area contributed by atoms with Crippen molar-refractivity contribution in [2.24, 2.45) is 10.8 Å². The first-order chi connectivity index (χ1) is 12.9. The Hall–Kier alpha value is -2.48. The molecule has 0 aromatic carbocycles. The van der Waals surface area contributed by atoms with Gasteiger partial charge in [0, 0.05) is 34.8 Å². The van der Waals surface area contributed by atoms with Gasteiger partial charge in [-0.05, 0) is 26.7 Å². The Morgan fingerprint density at radius 2 is 1.71 bits per heavy atom. The average Bonchev–Trinajstić information content (AvgIpc) is 3.31. The molecule has 1 saturated heterocycles. The molecule has 2 fully saturated rings. The third kappa shape index (κ3) is 2.33. The van der Waals surface area contributed by atoms with Crippen molar-refractivity contribution in [1.82, 2.24) is 5.06 Å². The van der Waals surface area contributed by atoms with Crippen LogP contribution in [0.5, 0.6) is 0 Å². The maximum absolute atomic E-state index is 13.0. The molecule has 8 heteroatoms. The number of ether oxygens (including phenoxy) is 1. The van der Waals surface area contributed by atoms with Crippen molar-refractivity contribution in [2.45, 2.75) is 65.1 Å². The molecule has 4 aliphatic rings. The molecule has 0 bridgehead atoms. The fraction of sp³-hybridized carbons (Fsp3) is 0.600. The molecule has 0 radical (unpaired) electrons. The van der Waals surface area contributed by atoms with Gasteiger partial charge in [-0.3, -0.25) is 19.2 Å². The Morgan fingerprint density at radius 3 is 2.25 bits per heavy atom. The van der Waals surface area contributed by atoms with E-state index >= 15 is 0 Å². The number of amides is 2. The summed E-state index contributed by atoms with van der Waals surface area (Å²) in [5.74, 6) is -1.56. The summed E-state index contributed by atoms with van der Waals surface area (Å²) in [5.41, 5.74) is -1.07. The summed E-state index contributed by atoms with van der Waals surface area (Å²) in [6.45, 7) is 7.02. The maximum Gasteiger partial charge on any atom is 0.534 e. The zero-order valence-corrected chi connectivity index (χ0v) is 16.3. The number of nitrogens with zero attached hydrogens (tertiary/aromatic N) is 1. The minimum atomic E-state index is -1.49. The van der Waals surface area contributed by atoms with Gasteiger partial charge in [0.25, 0.3) is 11.8 Å². The summed E-state index contributed by atoms with van der Waals surface area (Å²) in [6.07, 6.45) is 1.06. The molecule has 3 aliphatic carbocycles. The van der Waals surface area contributed by atoms with Gasteiger partial charge in [-0.2, -0.15) is 0 Å². The van der Waals surface area contributed by atoms with Crippen molar-refractivity contribution < 1.29 is 33.9 Å². The van der Waals surface area contributed by atoms with Gasteiger partial charge in [-0.1, -0.05) is 30.6 Å². The first kappa shape index (κ1) is 18.9. The zero-order chi connectivity index (χ0) is 20.6. The molecular weight excluding hydrogens is 366 g/mol. The lowest BCUT2D eigenvalue weighted by Gasteiger charge is -2.40. The second-order valence-electron chi connectivity index (χ2n) is 8.82. The van der Waals surface area contributed by atoms with Crippen LogP contribution in [0, 0.1) is 10.8 Å². The van der Waals surface area contributed by atoms with Crippen molar-refractivity contribution in [3.8, 4) is 0 Å². The molecule has 1 N–H and O–H groups in total. The number of hydrogen-bond acceptors (Lipinski definition) is 7. The minimum absolute atomic E-state index is 0.0108. The largest absolute Gasteiger partial charge is 0.534 e. The number of Topliss-reactive ketones (excluding diaryl/α,β-unsaturated/α-hetero) is 1. The third-order valence-corrected chi connectivity index (χ3v) is 6.62. The topological polar surface area (TPSA) is 110 Å². The lowest BCUT2D eigenvalue weighted by atomic mass is 9.67. The third-order valence-electron chi connectivity index (χ3n) is 6.62. The number of ketones is 1. The van der Waals surface area contributed by atoms with Crippen LogP contribution in [0.4, 0.5) is 4.79 Å². The molecular formula is C20H23NO7. The van der Waals surface area contributed by atoms with Gasteiger partial charge in [-0.15, -0.1) is 0 Å². The zero-order valence-electron chi connectivity index (χ0n) is 16.3. The molecule has 1 spiro atoms. The maximum atomic E-state index is 13.0. The fourth-order valence-corrected chi connectivity index (χ4v) is 4.78. The van der Waals surface area contributed by atoms with Gasteiger partial charge in [0.1, 0.15) is 11.7 Å². The molecule has 1 aliphatic heterocycles. The molecule has 0 unspecified atom stereocenters. The Bertz CT molecular complexity index is 872. The summed E-state index contributed by atoms with van der Waals surface area (Å²) >= 11 is 0. The van der Waals surface area contributed by atoms with Crippen LogP contribution in [-0.2, 0) is 24.0 Å². The first-order valence-corrected chi connectivity index (χ1v) is 9.38. The van der Waals surface area contributed by atoms with Gasteiger partial charge in [-0.25, -0.2) is 4.79 Å². The van der Waals surface area contributed by atoms with Gasteiger partial charge >= 0.3 is 6.16 Å². The predicted molar refractivity (Wildman–Crippen MR) is 94.3 cm³/mol. The van der Waals surface area contributed by atoms with E-state index in [-0.39, 0.29) is 18.6 Å². The Labute approximate surface area is 162 Å². The molecule has 150 valence electrons. The highest BCUT2D eigenvalue weighted by molar-refractivity contribution is 6.09. The molecule has 8 nitrogen and oxygen atoms in total. The number of aliphatic hydroxyl groups is 1. The quantitative estimate of drug-likeness (QED) is 0.568. The summed E-state index contributed by atoms with van der Waals surface area (Å²) in [4.78, 5) is 53.5. The van der Waals surface area contributed by atoms with Crippen LogP contribution in [0.2, 0.25) is 0 Å². The summed E-state index contributed by atoms with van der Waals surface area (Å²) in [7, 11) is 0. The number of imide groups is 1. The van der Waals surface area contributed by atoms with E-state index in [1.54, 1.807) is 13.0 Å². The highest BCUT2D eigenvalue weighted by Crippen LogP contribution is 2.65. The van der Waals surface area contributed by atoms with Crippen molar-refractivity contribution in [1.29, 1.82) is 0 Å². The highest BCUT2D eigenvalue weighted by atomic mass is 16.8. The normalized spacial score (nSPS) is 32.6. The van der Waals surface area contributed by atoms with Gasteiger partial charge < -0.3 is 9.84 Å². The number of hydroxylamine groups is 2. The summed E-state index contributed by atoms with van der Waals surface area (Å²) in [5, 5.41) is 11.3. The highest BCUT2D eigenvalue weighted by Gasteiger charge is 2.66. The first-order valence-electron chi connectivity index (χ1n) is 9.38. The predicted octanol–water partition coefficient (Wildman–Crippen LogP) is 1.97. The molecule has 1 heterocycles. The van der Waals surface area contributed by atoms with Crippen LogP contribution in [0.25, 0.3) is 0 Å². The molecule has 2 amide bonds. The smallest absolute Gasteiger partial charge is 0.424 e. The molecule has 28 heavy (non-hydrogen) atoms. The Kier molecular flexibility index (Phi) is 3.73. The Morgan fingerprint density at radius 1 is 1.14 bits per heavy atom. The van der Waals surface area contributed by atoms with E-state index in [0.29, 0.717) is 29.1 Å². The molecule has 1 saturated carbocycles. The van der Waals surface area contributed by atoms with Crippen LogP contribution < -0.4 is 0 Å². The number of carbonyl (C=O) groups is 4. The average molecular weight is 389 g/mol. The monoisotopic (exact) mass is 389 g/mol. The lowest BCUT2D eigenvalue weighted by molar-refractivity contribution is -0.178. The standard InChI is InChI=1S/C20H23NO7/c1-10-14-11(15(24)19(4,26)20(10)7-8-20)9-18(2,3)16(14)27-17(25)28-21-12(22)5-6-13(21)23/h9,16,26H,5-8H2,1-4H3/t16-,19+/m1/s1. The van der Waals surface area contributed by atoms with E-state index < -0.39 is 40.5 Å². The summed E-state index contributed by atoms with van der Waals surface area (Å²) < 4.78 is 5.51.